The third-order valence-electron chi connectivity index (χ3n) is 3.56. The first kappa shape index (κ1) is 18.5. The van der Waals surface area contributed by atoms with Crippen LogP contribution in [0.3, 0.4) is 0 Å². The molecule has 2 aromatic carbocycles. The molecule has 0 saturated heterocycles. The number of carbonyl (C=O) groups excluding carboxylic acids is 2. The zero-order chi connectivity index (χ0) is 18.4. The van der Waals surface area contributed by atoms with Crippen LogP contribution in [0.4, 0.5) is 17.1 Å². The fourth-order valence-corrected chi connectivity index (χ4v) is 2.14. The molecule has 5 heteroatoms. The molecule has 0 radical (unpaired) electrons. The van der Waals surface area contributed by atoms with Crippen molar-refractivity contribution < 1.29 is 9.59 Å². The lowest BCUT2D eigenvalue weighted by Crippen LogP contribution is -2.27. The van der Waals surface area contributed by atoms with E-state index in [1.54, 1.807) is 24.3 Å². The minimum atomic E-state index is -0.475. The summed E-state index contributed by atoms with van der Waals surface area (Å²) >= 11 is 0. The first-order chi connectivity index (χ1) is 11.7. The summed E-state index contributed by atoms with van der Waals surface area (Å²) in [7, 11) is 0. The number of anilines is 3. The molecule has 132 valence electrons. The number of amides is 2. The maximum Gasteiger partial charge on any atom is 0.243 e. The van der Waals surface area contributed by atoms with Crippen LogP contribution in [0, 0.1) is 12.3 Å². The minimum absolute atomic E-state index is 0.0721. The largest absolute Gasteiger partial charge is 0.376 e. The van der Waals surface area contributed by atoms with Gasteiger partial charge in [0.05, 0.1) is 6.54 Å². The molecule has 5 nitrogen and oxygen atoms in total. The van der Waals surface area contributed by atoms with Crippen LogP contribution in [0.2, 0.25) is 0 Å². The monoisotopic (exact) mass is 339 g/mol. The second-order valence-corrected chi connectivity index (χ2v) is 7.06. The Bertz CT molecular complexity index is 764. The number of hydrogen-bond donors (Lipinski definition) is 3. The van der Waals surface area contributed by atoms with Gasteiger partial charge in [0.15, 0.2) is 0 Å². The molecule has 2 rings (SSSR count). The van der Waals surface area contributed by atoms with Crippen molar-refractivity contribution in [1.82, 2.24) is 0 Å². The molecule has 3 N–H and O–H groups in total. The fraction of sp³-hybridized carbons (Fsp3) is 0.300. The van der Waals surface area contributed by atoms with Crippen LogP contribution < -0.4 is 16.0 Å². The lowest BCUT2D eigenvalue weighted by Gasteiger charge is -2.18. The zero-order valence-electron chi connectivity index (χ0n) is 15.1. The summed E-state index contributed by atoms with van der Waals surface area (Å²) < 4.78 is 0. The van der Waals surface area contributed by atoms with Gasteiger partial charge in [0.25, 0.3) is 0 Å². The predicted molar refractivity (Wildman–Crippen MR) is 103 cm³/mol. The molecule has 0 aliphatic heterocycles. The van der Waals surface area contributed by atoms with Gasteiger partial charge in [-0.05, 0) is 42.8 Å². The lowest BCUT2D eigenvalue weighted by molar-refractivity contribution is -0.123. The maximum atomic E-state index is 12.1. The van der Waals surface area contributed by atoms with Crippen LogP contribution in [0.15, 0.2) is 48.5 Å². The topological polar surface area (TPSA) is 70.2 Å². The molecule has 0 saturated carbocycles. The summed E-state index contributed by atoms with van der Waals surface area (Å²) in [6, 6.07) is 15.0. The Hall–Kier alpha value is -2.82. The van der Waals surface area contributed by atoms with Gasteiger partial charge in [-0.25, -0.2) is 0 Å². The van der Waals surface area contributed by atoms with E-state index in [2.05, 4.69) is 16.0 Å². The summed E-state index contributed by atoms with van der Waals surface area (Å²) in [6.07, 6.45) is 0. The van der Waals surface area contributed by atoms with E-state index in [0.29, 0.717) is 11.4 Å². The third kappa shape index (κ3) is 5.95. The number of hydrogen-bond acceptors (Lipinski definition) is 3. The molecule has 0 atom stereocenters. The van der Waals surface area contributed by atoms with Crippen molar-refractivity contribution in [2.24, 2.45) is 5.41 Å². The standard InChI is InChI=1S/C20H25N3O2/c1-14-7-5-8-15(11-14)21-13-18(24)22-16-9-6-10-17(12-16)23-19(25)20(2,3)4/h5-12,21H,13H2,1-4H3,(H,22,24)(H,23,25). The normalized spacial score (nSPS) is 10.9. The van der Waals surface area contributed by atoms with E-state index in [4.69, 9.17) is 0 Å². The highest BCUT2D eigenvalue weighted by molar-refractivity contribution is 5.97. The van der Waals surface area contributed by atoms with Gasteiger partial charge in [-0.3, -0.25) is 9.59 Å². The average Bonchev–Trinajstić information content (AvgIpc) is 2.52. The molecule has 0 spiro atoms. The number of nitrogens with one attached hydrogen (secondary N) is 3. The van der Waals surface area contributed by atoms with Gasteiger partial charge in [-0.15, -0.1) is 0 Å². The van der Waals surface area contributed by atoms with Gasteiger partial charge < -0.3 is 16.0 Å². The van der Waals surface area contributed by atoms with Crippen LogP contribution in [0.5, 0.6) is 0 Å². The highest BCUT2D eigenvalue weighted by Gasteiger charge is 2.21. The van der Waals surface area contributed by atoms with Gasteiger partial charge in [0.1, 0.15) is 0 Å². The van der Waals surface area contributed by atoms with Crippen molar-refractivity contribution >= 4 is 28.9 Å². The summed E-state index contributed by atoms with van der Waals surface area (Å²) in [4.78, 5) is 24.1. The molecule has 2 aromatic rings. The SMILES string of the molecule is Cc1cccc(NCC(=O)Nc2cccc(NC(=O)C(C)(C)C)c2)c1. The molecule has 2 amide bonds. The van der Waals surface area contributed by atoms with Crippen molar-refractivity contribution in [2.45, 2.75) is 27.7 Å². The van der Waals surface area contributed by atoms with E-state index in [1.165, 1.54) is 0 Å². The van der Waals surface area contributed by atoms with Crippen molar-refractivity contribution in [2.75, 3.05) is 22.5 Å². The zero-order valence-corrected chi connectivity index (χ0v) is 15.1. The second-order valence-electron chi connectivity index (χ2n) is 7.06. The first-order valence-electron chi connectivity index (χ1n) is 8.26. The van der Waals surface area contributed by atoms with E-state index in [1.807, 2.05) is 52.0 Å². The molecule has 0 unspecified atom stereocenters. The summed E-state index contributed by atoms with van der Waals surface area (Å²) in [5.41, 5.74) is 2.86. The minimum Gasteiger partial charge on any atom is -0.376 e. The lowest BCUT2D eigenvalue weighted by atomic mass is 9.95. The van der Waals surface area contributed by atoms with E-state index < -0.39 is 5.41 Å². The van der Waals surface area contributed by atoms with Crippen molar-refractivity contribution in [3.05, 3.63) is 54.1 Å². The van der Waals surface area contributed by atoms with Crippen LogP contribution in [-0.2, 0) is 9.59 Å². The summed E-state index contributed by atoms with van der Waals surface area (Å²) in [5, 5.41) is 8.77. The van der Waals surface area contributed by atoms with Crippen LogP contribution in [0.25, 0.3) is 0 Å². The van der Waals surface area contributed by atoms with Crippen LogP contribution in [-0.4, -0.2) is 18.4 Å². The first-order valence-corrected chi connectivity index (χ1v) is 8.26. The van der Waals surface area contributed by atoms with Crippen molar-refractivity contribution in [1.29, 1.82) is 0 Å². The van der Waals surface area contributed by atoms with Gasteiger partial charge in [0, 0.05) is 22.5 Å². The van der Waals surface area contributed by atoms with E-state index in [-0.39, 0.29) is 18.4 Å². The quantitative estimate of drug-likeness (QED) is 0.770. The molecule has 0 fully saturated rings. The molecular weight excluding hydrogens is 314 g/mol. The highest BCUT2D eigenvalue weighted by atomic mass is 16.2. The van der Waals surface area contributed by atoms with Crippen molar-refractivity contribution in [3.8, 4) is 0 Å². The van der Waals surface area contributed by atoms with Gasteiger partial charge >= 0.3 is 0 Å². The van der Waals surface area contributed by atoms with Gasteiger partial charge in [-0.2, -0.15) is 0 Å². The third-order valence-corrected chi connectivity index (χ3v) is 3.56. The Morgan fingerprint density at radius 3 is 2.12 bits per heavy atom. The van der Waals surface area contributed by atoms with E-state index in [0.717, 1.165) is 11.3 Å². The van der Waals surface area contributed by atoms with Crippen LogP contribution >= 0.6 is 0 Å². The Kier molecular flexibility index (Phi) is 5.80. The second kappa shape index (κ2) is 7.83. The molecule has 25 heavy (non-hydrogen) atoms. The number of carbonyl (C=O) groups is 2. The number of aryl methyl sites for hydroxylation is 1. The number of rotatable bonds is 5. The Labute approximate surface area is 148 Å². The van der Waals surface area contributed by atoms with Crippen molar-refractivity contribution in [3.63, 3.8) is 0 Å². The van der Waals surface area contributed by atoms with Gasteiger partial charge in [-0.1, -0.05) is 39.0 Å². The van der Waals surface area contributed by atoms with Crippen LogP contribution in [0.1, 0.15) is 26.3 Å². The molecule has 0 heterocycles. The summed E-state index contributed by atoms with van der Waals surface area (Å²) in [5.74, 6) is -0.224. The predicted octanol–water partition coefficient (Wildman–Crippen LogP) is 4.03. The smallest absolute Gasteiger partial charge is 0.243 e. The maximum absolute atomic E-state index is 12.1. The van der Waals surface area contributed by atoms with Gasteiger partial charge in [0.2, 0.25) is 11.8 Å². The number of benzene rings is 2. The Morgan fingerprint density at radius 1 is 0.880 bits per heavy atom. The fourth-order valence-electron chi connectivity index (χ4n) is 2.14. The Morgan fingerprint density at radius 2 is 1.48 bits per heavy atom. The van der Waals surface area contributed by atoms with E-state index >= 15 is 0 Å². The Balaban J connectivity index is 1.92. The molecule has 0 aliphatic carbocycles. The average molecular weight is 339 g/mol. The molecule has 0 aliphatic rings. The molecule has 0 bridgehead atoms. The highest BCUT2D eigenvalue weighted by Crippen LogP contribution is 2.20. The summed E-state index contributed by atoms with van der Waals surface area (Å²) in [6.45, 7) is 7.73. The molecule has 0 aromatic heterocycles. The molecular formula is C20H25N3O2. The van der Waals surface area contributed by atoms with E-state index in [9.17, 15) is 9.59 Å².